The van der Waals surface area contributed by atoms with E-state index >= 15 is 0 Å². The number of hydrazone groups is 1. The molecule has 0 fully saturated rings. The maximum absolute atomic E-state index is 11.9. The molecule has 3 aromatic rings. The van der Waals surface area contributed by atoms with Crippen molar-refractivity contribution in [3.05, 3.63) is 82.7 Å². The standard InChI is InChI=1S/C24H27N3O3/c1-5-30-24(28)19-10-12-22(13-11-19)27-17(2)14-21(18(27)3)16-26-25-15-20-8-6-7-9-23(20)29-4/h6-14,16,25H,5,15H2,1-4H3/b26-16+. The van der Waals surface area contributed by atoms with Gasteiger partial charge in [-0.15, -0.1) is 0 Å². The van der Waals surface area contributed by atoms with Gasteiger partial charge in [-0.3, -0.25) is 0 Å². The molecule has 0 saturated heterocycles. The molecule has 1 aromatic heterocycles. The molecule has 156 valence electrons. The number of para-hydroxylation sites is 1. The van der Waals surface area contributed by atoms with Gasteiger partial charge in [0.25, 0.3) is 0 Å². The van der Waals surface area contributed by atoms with Crippen LogP contribution in [0.2, 0.25) is 0 Å². The van der Waals surface area contributed by atoms with Gasteiger partial charge in [-0.1, -0.05) is 18.2 Å². The lowest BCUT2D eigenvalue weighted by molar-refractivity contribution is 0.0526. The number of carbonyl (C=O) groups excluding carboxylic acids is 1. The molecular formula is C24H27N3O3. The van der Waals surface area contributed by atoms with Crippen LogP contribution in [0.25, 0.3) is 5.69 Å². The monoisotopic (exact) mass is 405 g/mol. The van der Waals surface area contributed by atoms with Crippen LogP contribution < -0.4 is 10.2 Å². The molecule has 2 aromatic carbocycles. The lowest BCUT2D eigenvalue weighted by Gasteiger charge is -2.10. The summed E-state index contributed by atoms with van der Waals surface area (Å²) >= 11 is 0. The number of esters is 1. The third kappa shape index (κ3) is 4.71. The van der Waals surface area contributed by atoms with E-state index in [4.69, 9.17) is 9.47 Å². The maximum Gasteiger partial charge on any atom is 0.338 e. The number of methoxy groups -OCH3 is 1. The van der Waals surface area contributed by atoms with E-state index in [9.17, 15) is 4.79 Å². The van der Waals surface area contributed by atoms with Crippen LogP contribution in [0.5, 0.6) is 5.75 Å². The van der Waals surface area contributed by atoms with E-state index in [0.29, 0.717) is 18.7 Å². The van der Waals surface area contributed by atoms with Gasteiger partial charge < -0.3 is 19.5 Å². The van der Waals surface area contributed by atoms with Crippen molar-refractivity contribution >= 4 is 12.2 Å². The maximum atomic E-state index is 11.9. The fourth-order valence-corrected chi connectivity index (χ4v) is 3.37. The molecular weight excluding hydrogens is 378 g/mol. The van der Waals surface area contributed by atoms with Crippen LogP contribution >= 0.6 is 0 Å². The minimum absolute atomic E-state index is 0.307. The average Bonchev–Trinajstić information content (AvgIpc) is 3.04. The molecule has 3 rings (SSSR count). The van der Waals surface area contributed by atoms with E-state index < -0.39 is 0 Å². The summed E-state index contributed by atoms with van der Waals surface area (Å²) in [6.45, 7) is 6.84. The fraction of sp³-hybridized carbons (Fsp3) is 0.250. The zero-order valence-electron chi connectivity index (χ0n) is 17.8. The number of ether oxygens (including phenoxy) is 2. The first-order valence-electron chi connectivity index (χ1n) is 9.89. The van der Waals surface area contributed by atoms with Gasteiger partial charge in [0, 0.05) is 28.2 Å². The van der Waals surface area contributed by atoms with Gasteiger partial charge in [0.05, 0.1) is 32.0 Å². The van der Waals surface area contributed by atoms with Crippen LogP contribution in [0, 0.1) is 13.8 Å². The third-order valence-corrected chi connectivity index (χ3v) is 4.86. The normalized spacial score (nSPS) is 10.9. The van der Waals surface area contributed by atoms with Crippen LogP contribution in [-0.2, 0) is 11.3 Å². The minimum atomic E-state index is -0.307. The number of hydrogen-bond donors (Lipinski definition) is 1. The molecule has 0 bridgehead atoms. The zero-order chi connectivity index (χ0) is 21.5. The lowest BCUT2D eigenvalue weighted by Crippen LogP contribution is -2.07. The highest BCUT2D eigenvalue weighted by molar-refractivity contribution is 5.89. The molecule has 0 aliphatic heterocycles. The molecule has 1 N–H and O–H groups in total. The largest absolute Gasteiger partial charge is 0.496 e. The number of aryl methyl sites for hydroxylation is 1. The van der Waals surface area contributed by atoms with Crippen LogP contribution in [0.15, 0.2) is 59.7 Å². The molecule has 0 spiro atoms. The molecule has 30 heavy (non-hydrogen) atoms. The van der Waals surface area contributed by atoms with Crippen molar-refractivity contribution in [1.29, 1.82) is 0 Å². The molecule has 6 heteroatoms. The van der Waals surface area contributed by atoms with Crippen LogP contribution in [-0.4, -0.2) is 30.5 Å². The molecule has 0 aliphatic carbocycles. The SMILES string of the molecule is CCOC(=O)c1ccc(-n2c(C)cc(/C=N/NCc3ccccc3OC)c2C)cc1. The van der Waals surface area contributed by atoms with Crippen LogP contribution in [0.1, 0.15) is 39.8 Å². The Morgan fingerprint density at radius 1 is 1.13 bits per heavy atom. The van der Waals surface area contributed by atoms with Crippen molar-refractivity contribution in [2.75, 3.05) is 13.7 Å². The molecule has 0 saturated carbocycles. The average molecular weight is 405 g/mol. The Balaban J connectivity index is 1.72. The predicted molar refractivity (Wildman–Crippen MR) is 119 cm³/mol. The Morgan fingerprint density at radius 2 is 1.87 bits per heavy atom. The van der Waals surface area contributed by atoms with Gasteiger partial charge in [-0.05, 0) is 57.2 Å². The summed E-state index contributed by atoms with van der Waals surface area (Å²) < 4.78 is 12.5. The van der Waals surface area contributed by atoms with Crippen molar-refractivity contribution in [3.63, 3.8) is 0 Å². The van der Waals surface area contributed by atoms with Crippen LogP contribution in [0.3, 0.4) is 0 Å². The Morgan fingerprint density at radius 3 is 2.57 bits per heavy atom. The molecule has 0 atom stereocenters. The van der Waals surface area contributed by atoms with E-state index in [2.05, 4.69) is 21.2 Å². The molecule has 0 amide bonds. The van der Waals surface area contributed by atoms with E-state index in [1.807, 2.05) is 56.5 Å². The van der Waals surface area contributed by atoms with Gasteiger partial charge in [0.15, 0.2) is 0 Å². The first-order valence-corrected chi connectivity index (χ1v) is 9.89. The Kier molecular flexibility index (Phi) is 6.91. The van der Waals surface area contributed by atoms with Crippen molar-refractivity contribution in [2.24, 2.45) is 5.10 Å². The van der Waals surface area contributed by atoms with E-state index in [0.717, 1.165) is 34.0 Å². The summed E-state index contributed by atoms with van der Waals surface area (Å²) in [7, 11) is 1.66. The number of rotatable bonds is 8. The smallest absolute Gasteiger partial charge is 0.338 e. The zero-order valence-corrected chi connectivity index (χ0v) is 17.8. The Hall–Kier alpha value is -3.54. The fourth-order valence-electron chi connectivity index (χ4n) is 3.37. The number of aromatic nitrogens is 1. The van der Waals surface area contributed by atoms with Gasteiger partial charge in [-0.2, -0.15) is 5.10 Å². The summed E-state index contributed by atoms with van der Waals surface area (Å²) in [4.78, 5) is 11.9. The first kappa shape index (κ1) is 21.2. The van der Waals surface area contributed by atoms with E-state index in [1.165, 1.54) is 0 Å². The number of nitrogens with zero attached hydrogens (tertiary/aromatic N) is 2. The first-order chi connectivity index (χ1) is 14.5. The van der Waals surface area contributed by atoms with Crippen molar-refractivity contribution < 1.29 is 14.3 Å². The number of hydrogen-bond acceptors (Lipinski definition) is 5. The summed E-state index contributed by atoms with van der Waals surface area (Å²) in [5, 5.41) is 4.37. The minimum Gasteiger partial charge on any atom is -0.496 e. The van der Waals surface area contributed by atoms with Crippen LogP contribution in [0.4, 0.5) is 0 Å². The van der Waals surface area contributed by atoms with Gasteiger partial charge in [0.2, 0.25) is 0 Å². The quantitative estimate of drug-likeness (QED) is 0.343. The summed E-state index contributed by atoms with van der Waals surface area (Å²) in [6.07, 6.45) is 1.82. The van der Waals surface area contributed by atoms with Gasteiger partial charge in [-0.25, -0.2) is 4.79 Å². The van der Waals surface area contributed by atoms with E-state index in [-0.39, 0.29) is 5.97 Å². The number of nitrogens with one attached hydrogen (secondary N) is 1. The summed E-state index contributed by atoms with van der Waals surface area (Å²) in [5.41, 5.74) is 8.84. The second-order valence-corrected chi connectivity index (χ2v) is 6.83. The highest BCUT2D eigenvalue weighted by atomic mass is 16.5. The summed E-state index contributed by atoms with van der Waals surface area (Å²) in [6, 6.07) is 17.4. The highest BCUT2D eigenvalue weighted by Gasteiger charge is 2.11. The van der Waals surface area contributed by atoms with Gasteiger partial charge >= 0.3 is 5.97 Å². The second-order valence-electron chi connectivity index (χ2n) is 6.83. The predicted octanol–water partition coefficient (Wildman–Crippen LogP) is 4.40. The molecule has 1 heterocycles. The molecule has 0 aliphatic rings. The Bertz CT molecular complexity index is 1040. The van der Waals surface area contributed by atoms with Crippen molar-refractivity contribution in [1.82, 2.24) is 9.99 Å². The topological polar surface area (TPSA) is 64.9 Å². The Labute approximate surface area is 177 Å². The second kappa shape index (κ2) is 9.78. The van der Waals surface area contributed by atoms with Crippen molar-refractivity contribution in [2.45, 2.75) is 27.3 Å². The highest BCUT2D eigenvalue weighted by Crippen LogP contribution is 2.21. The number of benzene rings is 2. The van der Waals surface area contributed by atoms with Gasteiger partial charge in [0.1, 0.15) is 5.75 Å². The molecule has 0 radical (unpaired) electrons. The molecule has 0 unspecified atom stereocenters. The van der Waals surface area contributed by atoms with Crippen molar-refractivity contribution in [3.8, 4) is 11.4 Å². The molecule has 6 nitrogen and oxygen atoms in total. The third-order valence-electron chi connectivity index (χ3n) is 4.86. The van der Waals surface area contributed by atoms with E-state index in [1.54, 1.807) is 26.2 Å². The number of carbonyl (C=O) groups is 1. The summed E-state index contributed by atoms with van der Waals surface area (Å²) in [5.74, 6) is 0.531. The lowest BCUT2D eigenvalue weighted by atomic mass is 10.2.